The third kappa shape index (κ3) is 2.92. The molecule has 0 bridgehead atoms. The van der Waals surface area contributed by atoms with Gasteiger partial charge in [0.25, 0.3) is 5.91 Å². The van der Waals surface area contributed by atoms with Crippen LogP contribution in [0.5, 0.6) is 11.5 Å². The summed E-state index contributed by atoms with van der Waals surface area (Å²) in [5.41, 5.74) is 0.0833. The van der Waals surface area contributed by atoms with Crippen LogP contribution in [-0.2, 0) is 0 Å². The third-order valence-electron chi connectivity index (χ3n) is 2.81. The van der Waals surface area contributed by atoms with E-state index in [1.165, 1.54) is 31.4 Å². The number of nitriles is 1. The third-order valence-corrected chi connectivity index (χ3v) is 2.81. The van der Waals surface area contributed by atoms with Gasteiger partial charge in [-0.15, -0.1) is 0 Å². The molecule has 0 saturated carbocycles. The zero-order valence-electron chi connectivity index (χ0n) is 11.1. The van der Waals surface area contributed by atoms with Crippen LogP contribution < -0.4 is 10.1 Å². The molecule has 0 heterocycles. The summed E-state index contributed by atoms with van der Waals surface area (Å²) in [5.74, 6) is -1.39. The van der Waals surface area contributed by atoms with Crippen molar-refractivity contribution in [3.63, 3.8) is 0 Å². The van der Waals surface area contributed by atoms with Gasteiger partial charge in [0.15, 0.2) is 11.5 Å². The summed E-state index contributed by atoms with van der Waals surface area (Å²) in [4.78, 5) is 12.1. The molecule has 6 heteroatoms. The monoisotopic (exact) mass is 286 g/mol. The van der Waals surface area contributed by atoms with Gasteiger partial charge in [0.1, 0.15) is 11.9 Å². The SMILES string of the molecule is COc1cccc(C(=O)Nc2ccc(F)c(C#N)c2)c1O. The Morgan fingerprint density at radius 3 is 2.81 bits per heavy atom. The highest BCUT2D eigenvalue weighted by Gasteiger charge is 2.15. The number of phenols is 1. The van der Waals surface area contributed by atoms with Crippen LogP contribution in [0, 0.1) is 17.1 Å². The van der Waals surface area contributed by atoms with Gasteiger partial charge in [0.05, 0.1) is 18.2 Å². The molecular weight excluding hydrogens is 275 g/mol. The van der Waals surface area contributed by atoms with Crippen molar-refractivity contribution in [2.45, 2.75) is 0 Å². The van der Waals surface area contributed by atoms with Crippen molar-refractivity contribution in [2.24, 2.45) is 0 Å². The number of anilines is 1. The van der Waals surface area contributed by atoms with Gasteiger partial charge in [-0.3, -0.25) is 4.79 Å². The van der Waals surface area contributed by atoms with E-state index in [1.54, 1.807) is 12.1 Å². The smallest absolute Gasteiger partial charge is 0.259 e. The quantitative estimate of drug-likeness (QED) is 0.908. The summed E-state index contributed by atoms with van der Waals surface area (Å²) in [5, 5.41) is 21.1. The molecule has 0 saturated heterocycles. The molecule has 0 unspecified atom stereocenters. The van der Waals surface area contributed by atoms with Crippen LogP contribution in [0.25, 0.3) is 0 Å². The lowest BCUT2D eigenvalue weighted by atomic mass is 10.1. The molecule has 2 aromatic rings. The fourth-order valence-electron chi connectivity index (χ4n) is 1.76. The Balaban J connectivity index is 2.29. The van der Waals surface area contributed by atoms with Gasteiger partial charge in [0.2, 0.25) is 0 Å². The van der Waals surface area contributed by atoms with Crippen molar-refractivity contribution in [1.82, 2.24) is 0 Å². The number of aromatic hydroxyl groups is 1. The van der Waals surface area contributed by atoms with Crippen molar-refractivity contribution in [1.29, 1.82) is 5.26 Å². The summed E-state index contributed by atoms with van der Waals surface area (Å²) < 4.78 is 18.1. The predicted octanol–water partition coefficient (Wildman–Crippen LogP) is 2.66. The second kappa shape index (κ2) is 5.92. The van der Waals surface area contributed by atoms with Crippen LogP contribution in [0.3, 0.4) is 0 Å². The number of nitrogens with zero attached hydrogens (tertiary/aromatic N) is 1. The van der Waals surface area contributed by atoms with Crippen LogP contribution in [0.15, 0.2) is 36.4 Å². The van der Waals surface area contributed by atoms with Gasteiger partial charge >= 0.3 is 0 Å². The first-order valence-corrected chi connectivity index (χ1v) is 5.93. The molecule has 106 valence electrons. The average Bonchev–Trinajstić information content (AvgIpc) is 2.49. The van der Waals surface area contributed by atoms with E-state index in [9.17, 15) is 14.3 Å². The number of nitrogens with one attached hydrogen (secondary N) is 1. The number of hydrogen-bond acceptors (Lipinski definition) is 4. The number of hydrogen-bond donors (Lipinski definition) is 2. The Morgan fingerprint density at radius 1 is 1.38 bits per heavy atom. The van der Waals surface area contributed by atoms with E-state index in [0.717, 1.165) is 6.07 Å². The maximum Gasteiger partial charge on any atom is 0.259 e. The normalized spacial score (nSPS) is 9.76. The van der Waals surface area contributed by atoms with Gasteiger partial charge in [0, 0.05) is 5.69 Å². The van der Waals surface area contributed by atoms with Crippen LogP contribution in [0.1, 0.15) is 15.9 Å². The van der Waals surface area contributed by atoms with Gasteiger partial charge in [-0.05, 0) is 30.3 Å². The minimum Gasteiger partial charge on any atom is -0.504 e. The molecule has 0 atom stereocenters. The summed E-state index contributed by atoms with van der Waals surface area (Å²) in [6.07, 6.45) is 0. The van der Waals surface area contributed by atoms with Gasteiger partial charge in [-0.25, -0.2) is 4.39 Å². The topological polar surface area (TPSA) is 82.3 Å². The van der Waals surface area contributed by atoms with Crippen LogP contribution in [0.2, 0.25) is 0 Å². The molecule has 0 radical (unpaired) electrons. The number of methoxy groups -OCH3 is 1. The van der Waals surface area contributed by atoms with E-state index in [1.807, 2.05) is 0 Å². The molecule has 2 rings (SSSR count). The molecule has 0 aliphatic rings. The molecule has 0 spiro atoms. The first-order valence-electron chi connectivity index (χ1n) is 5.93. The number of amides is 1. The minimum atomic E-state index is -0.667. The fourth-order valence-corrected chi connectivity index (χ4v) is 1.76. The van der Waals surface area contributed by atoms with Crippen molar-refractivity contribution < 1.29 is 19.0 Å². The molecular formula is C15H11FN2O3. The standard InChI is InChI=1S/C15H11FN2O3/c1-21-13-4-2-3-11(14(13)19)15(20)18-10-5-6-12(16)9(7-10)8-17/h2-7,19H,1H3,(H,18,20). The summed E-state index contributed by atoms with van der Waals surface area (Å²) in [6, 6.07) is 9.79. The number of para-hydroxylation sites is 1. The minimum absolute atomic E-state index is 0.0113. The average molecular weight is 286 g/mol. The van der Waals surface area contributed by atoms with Crippen LogP contribution >= 0.6 is 0 Å². The van der Waals surface area contributed by atoms with Gasteiger partial charge in [-0.2, -0.15) is 5.26 Å². The number of phenolic OH excluding ortho intramolecular Hbond substituents is 1. The molecule has 0 aliphatic carbocycles. The number of ether oxygens (including phenoxy) is 1. The largest absolute Gasteiger partial charge is 0.504 e. The van der Waals surface area contributed by atoms with E-state index < -0.39 is 11.7 Å². The first-order chi connectivity index (χ1) is 10.1. The summed E-state index contributed by atoms with van der Waals surface area (Å²) in [7, 11) is 1.37. The maximum atomic E-state index is 13.2. The second-order valence-corrected chi connectivity index (χ2v) is 4.12. The van der Waals surface area contributed by atoms with Crippen LogP contribution in [-0.4, -0.2) is 18.1 Å². The molecule has 2 N–H and O–H groups in total. The molecule has 5 nitrogen and oxygen atoms in total. The Labute approximate surface area is 120 Å². The first kappa shape index (κ1) is 14.3. The zero-order chi connectivity index (χ0) is 15.4. The number of benzene rings is 2. The summed E-state index contributed by atoms with van der Waals surface area (Å²) >= 11 is 0. The predicted molar refractivity (Wildman–Crippen MR) is 73.7 cm³/mol. The van der Waals surface area contributed by atoms with Gasteiger partial charge < -0.3 is 15.2 Å². The number of rotatable bonds is 3. The fraction of sp³-hybridized carbons (Fsp3) is 0.0667. The number of carbonyl (C=O) groups is 1. The molecule has 0 aromatic heterocycles. The molecule has 0 fully saturated rings. The summed E-state index contributed by atoms with van der Waals surface area (Å²) in [6.45, 7) is 0. The van der Waals surface area contributed by atoms with Crippen molar-refractivity contribution in [3.8, 4) is 17.6 Å². The molecule has 2 aromatic carbocycles. The lowest BCUT2D eigenvalue weighted by Crippen LogP contribution is -2.12. The van der Waals surface area contributed by atoms with E-state index in [4.69, 9.17) is 10.00 Å². The second-order valence-electron chi connectivity index (χ2n) is 4.12. The van der Waals surface area contributed by atoms with E-state index in [0.29, 0.717) is 0 Å². The highest BCUT2D eigenvalue weighted by molar-refractivity contribution is 6.06. The Morgan fingerprint density at radius 2 is 2.14 bits per heavy atom. The highest BCUT2D eigenvalue weighted by atomic mass is 19.1. The van der Waals surface area contributed by atoms with Gasteiger partial charge in [-0.1, -0.05) is 6.07 Å². The van der Waals surface area contributed by atoms with Crippen molar-refractivity contribution in [3.05, 3.63) is 53.3 Å². The Kier molecular flexibility index (Phi) is 4.05. The number of carbonyl (C=O) groups excluding carboxylic acids is 1. The molecule has 1 amide bonds. The molecule has 0 aliphatic heterocycles. The van der Waals surface area contributed by atoms with E-state index in [-0.39, 0.29) is 28.3 Å². The lowest BCUT2D eigenvalue weighted by Gasteiger charge is -2.09. The maximum absolute atomic E-state index is 13.2. The van der Waals surface area contributed by atoms with Crippen molar-refractivity contribution >= 4 is 11.6 Å². The number of halogens is 1. The van der Waals surface area contributed by atoms with Crippen LogP contribution in [0.4, 0.5) is 10.1 Å². The highest BCUT2D eigenvalue weighted by Crippen LogP contribution is 2.29. The Bertz CT molecular complexity index is 738. The lowest BCUT2D eigenvalue weighted by molar-refractivity contribution is 0.102. The Hall–Kier alpha value is -3.07. The molecule has 21 heavy (non-hydrogen) atoms. The van der Waals surface area contributed by atoms with E-state index >= 15 is 0 Å². The zero-order valence-corrected chi connectivity index (χ0v) is 11.1. The van der Waals surface area contributed by atoms with Crippen molar-refractivity contribution in [2.75, 3.05) is 12.4 Å². The van der Waals surface area contributed by atoms with E-state index in [2.05, 4.69) is 5.32 Å².